The Labute approximate surface area is 158 Å². The molecule has 0 N–H and O–H groups in total. The van der Waals surface area contributed by atoms with Crippen LogP contribution in [0, 0.1) is 0 Å². The molecule has 1 aromatic rings. The Morgan fingerprint density at radius 2 is 1.70 bits per heavy atom. The number of carbonyl (C=O) groups is 2. The van der Waals surface area contributed by atoms with E-state index in [9.17, 15) is 18.0 Å². The van der Waals surface area contributed by atoms with Crippen molar-refractivity contribution in [3.8, 4) is 11.5 Å². The lowest BCUT2D eigenvalue weighted by Gasteiger charge is -2.34. The number of anilines is 1. The zero-order valence-corrected chi connectivity index (χ0v) is 16.2. The molecule has 0 aliphatic carbocycles. The smallest absolute Gasteiger partial charge is 0.232 e. The maximum Gasteiger partial charge on any atom is 0.232 e. The van der Waals surface area contributed by atoms with Gasteiger partial charge in [0.15, 0.2) is 11.5 Å². The summed E-state index contributed by atoms with van der Waals surface area (Å²) in [5, 5.41) is 0. The zero-order chi connectivity index (χ0) is 19.6. The number of carbonyl (C=O) groups excluding carboxylic acids is 2. The van der Waals surface area contributed by atoms with Crippen LogP contribution in [0.15, 0.2) is 18.2 Å². The maximum atomic E-state index is 12.5. The number of hydrogen-bond donors (Lipinski definition) is 0. The van der Waals surface area contributed by atoms with E-state index in [1.807, 2.05) is 0 Å². The van der Waals surface area contributed by atoms with Crippen molar-refractivity contribution in [3.63, 3.8) is 0 Å². The molecule has 1 saturated heterocycles. The molecule has 2 amide bonds. The lowest BCUT2D eigenvalue weighted by atomic mass is 10.2. The number of ether oxygens (including phenoxy) is 2. The summed E-state index contributed by atoms with van der Waals surface area (Å²) >= 11 is 0. The average molecular weight is 397 g/mol. The van der Waals surface area contributed by atoms with Gasteiger partial charge in [0.05, 0.1) is 11.9 Å². The van der Waals surface area contributed by atoms with Gasteiger partial charge < -0.3 is 19.3 Å². The van der Waals surface area contributed by atoms with Gasteiger partial charge in [-0.05, 0) is 12.1 Å². The van der Waals surface area contributed by atoms with Crippen LogP contribution in [-0.2, 0) is 19.6 Å². The molecule has 2 heterocycles. The number of nitrogens with zero attached hydrogens (tertiary/aromatic N) is 3. The largest absolute Gasteiger partial charge is 0.454 e. The number of fused-ring (bicyclic) bond motifs is 1. The van der Waals surface area contributed by atoms with Gasteiger partial charge in [-0.1, -0.05) is 0 Å². The van der Waals surface area contributed by atoms with Gasteiger partial charge in [-0.3, -0.25) is 13.9 Å². The highest BCUT2D eigenvalue weighted by molar-refractivity contribution is 7.92. The number of amides is 2. The Kier molecular flexibility index (Phi) is 5.45. The highest BCUT2D eigenvalue weighted by atomic mass is 32.2. The van der Waals surface area contributed by atoms with Crippen molar-refractivity contribution in [3.05, 3.63) is 18.2 Å². The molecule has 3 rings (SSSR count). The molecule has 2 aliphatic heterocycles. The van der Waals surface area contributed by atoms with E-state index in [1.54, 1.807) is 28.0 Å². The second-order valence-electron chi connectivity index (χ2n) is 6.51. The summed E-state index contributed by atoms with van der Waals surface area (Å²) in [6, 6.07) is 4.88. The van der Waals surface area contributed by atoms with Crippen LogP contribution in [0.1, 0.15) is 13.3 Å². The van der Waals surface area contributed by atoms with Crippen molar-refractivity contribution in [2.75, 3.05) is 50.1 Å². The van der Waals surface area contributed by atoms with E-state index >= 15 is 0 Å². The minimum absolute atomic E-state index is 0.00633. The first-order chi connectivity index (χ1) is 12.8. The fourth-order valence-electron chi connectivity index (χ4n) is 3.15. The zero-order valence-electron chi connectivity index (χ0n) is 15.4. The van der Waals surface area contributed by atoms with E-state index in [0.717, 1.165) is 6.26 Å². The predicted molar refractivity (Wildman–Crippen MR) is 98.2 cm³/mol. The van der Waals surface area contributed by atoms with Crippen LogP contribution in [0.5, 0.6) is 11.5 Å². The summed E-state index contributed by atoms with van der Waals surface area (Å²) in [7, 11) is -3.57. The minimum Gasteiger partial charge on any atom is -0.454 e. The van der Waals surface area contributed by atoms with Crippen LogP contribution < -0.4 is 13.8 Å². The fourth-order valence-corrected chi connectivity index (χ4v) is 4.07. The molecular weight excluding hydrogens is 374 g/mol. The van der Waals surface area contributed by atoms with Crippen LogP contribution >= 0.6 is 0 Å². The second-order valence-corrected chi connectivity index (χ2v) is 8.42. The van der Waals surface area contributed by atoms with Crippen LogP contribution in [0.3, 0.4) is 0 Å². The van der Waals surface area contributed by atoms with E-state index in [1.165, 1.54) is 11.2 Å². The maximum absolute atomic E-state index is 12.5. The fraction of sp³-hybridized carbons (Fsp3) is 0.529. The molecule has 148 valence electrons. The standard InChI is InChI=1S/C17H23N3O6S/c1-13(21)18-7-9-19(10-8-18)17(22)5-6-20(27(2,23)24)14-3-4-15-16(11-14)26-12-25-15/h3-4,11H,5-10,12H2,1-2H3. The second kappa shape index (κ2) is 7.63. The summed E-state index contributed by atoms with van der Waals surface area (Å²) in [4.78, 5) is 27.2. The van der Waals surface area contributed by atoms with Crippen molar-refractivity contribution >= 4 is 27.5 Å². The van der Waals surface area contributed by atoms with Crippen molar-refractivity contribution in [1.29, 1.82) is 0 Å². The molecule has 2 aliphatic rings. The topological polar surface area (TPSA) is 96.5 Å². The Bertz CT molecular complexity index is 833. The van der Waals surface area contributed by atoms with Gasteiger partial charge in [-0.2, -0.15) is 0 Å². The van der Waals surface area contributed by atoms with Crippen LogP contribution in [-0.4, -0.2) is 75.8 Å². The summed E-state index contributed by atoms with van der Waals surface area (Å²) < 4.78 is 36.2. The van der Waals surface area contributed by atoms with Crippen LogP contribution in [0.2, 0.25) is 0 Å². The molecule has 1 fully saturated rings. The molecule has 9 nitrogen and oxygen atoms in total. The van der Waals surface area contributed by atoms with Crippen molar-refractivity contribution < 1.29 is 27.5 Å². The van der Waals surface area contributed by atoms with Gasteiger partial charge >= 0.3 is 0 Å². The highest BCUT2D eigenvalue weighted by Gasteiger charge is 2.25. The highest BCUT2D eigenvalue weighted by Crippen LogP contribution is 2.36. The summed E-state index contributed by atoms with van der Waals surface area (Å²) in [5.41, 5.74) is 0.427. The minimum atomic E-state index is -3.57. The number of hydrogen-bond acceptors (Lipinski definition) is 6. The van der Waals surface area contributed by atoms with E-state index in [2.05, 4.69) is 0 Å². The van der Waals surface area contributed by atoms with Crippen molar-refractivity contribution in [2.24, 2.45) is 0 Å². The predicted octanol–water partition coefficient (Wildman–Crippen LogP) is 0.262. The SMILES string of the molecule is CC(=O)N1CCN(C(=O)CCN(c2ccc3c(c2)OCO3)S(C)(=O)=O)CC1. The van der Waals surface area contributed by atoms with E-state index < -0.39 is 10.0 Å². The average Bonchev–Trinajstić information content (AvgIpc) is 3.08. The molecule has 0 aromatic heterocycles. The molecule has 0 atom stereocenters. The van der Waals surface area contributed by atoms with Crippen molar-refractivity contribution in [1.82, 2.24) is 9.80 Å². The molecule has 0 unspecified atom stereocenters. The Morgan fingerprint density at radius 1 is 1.07 bits per heavy atom. The van der Waals surface area contributed by atoms with Crippen LogP contribution in [0.4, 0.5) is 5.69 Å². The molecular formula is C17H23N3O6S. The van der Waals surface area contributed by atoms with Gasteiger partial charge in [-0.25, -0.2) is 8.42 Å². The number of benzene rings is 1. The molecule has 10 heteroatoms. The van der Waals surface area contributed by atoms with Gasteiger partial charge in [0.2, 0.25) is 28.6 Å². The Hall–Kier alpha value is -2.49. The van der Waals surface area contributed by atoms with Gasteiger partial charge in [-0.15, -0.1) is 0 Å². The molecule has 0 radical (unpaired) electrons. The van der Waals surface area contributed by atoms with Crippen molar-refractivity contribution in [2.45, 2.75) is 13.3 Å². The van der Waals surface area contributed by atoms with E-state index in [4.69, 9.17) is 9.47 Å². The molecule has 1 aromatic carbocycles. The molecule has 27 heavy (non-hydrogen) atoms. The third kappa shape index (κ3) is 4.44. The van der Waals surface area contributed by atoms with Crippen LogP contribution in [0.25, 0.3) is 0 Å². The number of piperazine rings is 1. The number of sulfonamides is 1. The number of rotatable bonds is 5. The first-order valence-corrected chi connectivity index (χ1v) is 10.5. The molecule has 0 bridgehead atoms. The van der Waals surface area contributed by atoms with Gasteiger partial charge in [0, 0.05) is 52.1 Å². The molecule has 0 saturated carbocycles. The third-order valence-electron chi connectivity index (χ3n) is 4.65. The van der Waals surface area contributed by atoms with E-state index in [0.29, 0.717) is 43.4 Å². The summed E-state index contributed by atoms with van der Waals surface area (Å²) in [6.45, 7) is 3.56. The van der Waals surface area contributed by atoms with Gasteiger partial charge in [0.25, 0.3) is 0 Å². The quantitative estimate of drug-likeness (QED) is 0.707. The summed E-state index contributed by atoms with van der Waals surface area (Å²) in [5.74, 6) is 0.903. The normalized spacial score (nSPS) is 16.4. The summed E-state index contributed by atoms with van der Waals surface area (Å²) in [6.07, 6.45) is 1.16. The van der Waals surface area contributed by atoms with Gasteiger partial charge in [0.1, 0.15) is 0 Å². The third-order valence-corrected chi connectivity index (χ3v) is 5.84. The lowest BCUT2D eigenvalue weighted by molar-refractivity contribution is -0.138. The first kappa shape index (κ1) is 19.3. The Balaban J connectivity index is 1.64. The lowest BCUT2D eigenvalue weighted by Crippen LogP contribution is -2.50. The van der Waals surface area contributed by atoms with E-state index in [-0.39, 0.29) is 31.6 Å². The molecule has 0 spiro atoms. The monoisotopic (exact) mass is 397 g/mol. The Morgan fingerprint density at radius 3 is 2.33 bits per heavy atom. The first-order valence-electron chi connectivity index (χ1n) is 8.66.